The first-order valence-corrected chi connectivity index (χ1v) is 4.92. The van der Waals surface area contributed by atoms with Crippen molar-refractivity contribution in [1.82, 2.24) is 10.2 Å². The van der Waals surface area contributed by atoms with Crippen molar-refractivity contribution in [3.05, 3.63) is 0 Å². The minimum atomic E-state index is 0.580. The van der Waals surface area contributed by atoms with Crippen molar-refractivity contribution in [3.8, 4) is 0 Å². The molecular formula is C10H20N2. The highest BCUT2D eigenvalue weighted by molar-refractivity contribution is 4.96. The Hall–Kier alpha value is -0.0800. The van der Waals surface area contributed by atoms with E-state index < -0.39 is 0 Å². The predicted molar refractivity (Wildman–Crippen MR) is 51.2 cm³/mol. The van der Waals surface area contributed by atoms with Gasteiger partial charge in [-0.05, 0) is 5.41 Å². The summed E-state index contributed by atoms with van der Waals surface area (Å²) in [5, 5.41) is 3.35. The molecule has 0 aromatic carbocycles. The molecule has 2 saturated heterocycles. The molecule has 2 heterocycles. The summed E-state index contributed by atoms with van der Waals surface area (Å²) in [5.41, 5.74) is 1.17. The molecule has 12 heavy (non-hydrogen) atoms. The molecule has 0 amide bonds. The van der Waals surface area contributed by atoms with Crippen molar-refractivity contribution in [2.45, 2.75) is 20.8 Å². The van der Waals surface area contributed by atoms with Crippen LogP contribution < -0.4 is 5.32 Å². The van der Waals surface area contributed by atoms with Gasteiger partial charge in [0.15, 0.2) is 0 Å². The molecule has 0 aliphatic carbocycles. The number of likely N-dealkylation sites (tertiary alicyclic amines) is 1. The fraction of sp³-hybridized carbons (Fsp3) is 1.00. The van der Waals surface area contributed by atoms with Crippen LogP contribution in [0.5, 0.6) is 0 Å². The van der Waals surface area contributed by atoms with Crippen molar-refractivity contribution in [2.24, 2.45) is 10.8 Å². The van der Waals surface area contributed by atoms with Crippen molar-refractivity contribution in [3.63, 3.8) is 0 Å². The summed E-state index contributed by atoms with van der Waals surface area (Å²) >= 11 is 0. The fourth-order valence-electron chi connectivity index (χ4n) is 2.48. The van der Waals surface area contributed by atoms with E-state index in [9.17, 15) is 0 Å². The molecule has 2 fully saturated rings. The normalized spacial score (nSPS) is 32.2. The van der Waals surface area contributed by atoms with Crippen LogP contribution in [-0.2, 0) is 0 Å². The van der Waals surface area contributed by atoms with E-state index in [1.54, 1.807) is 0 Å². The molecule has 1 N–H and O–H groups in total. The van der Waals surface area contributed by atoms with E-state index in [1.807, 2.05) is 0 Å². The van der Waals surface area contributed by atoms with Gasteiger partial charge in [0.2, 0.25) is 0 Å². The zero-order valence-corrected chi connectivity index (χ0v) is 8.48. The molecular weight excluding hydrogens is 148 g/mol. The number of nitrogens with zero attached hydrogens (tertiary/aromatic N) is 1. The average Bonchev–Trinajstić information content (AvgIpc) is 1.80. The van der Waals surface area contributed by atoms with E-state index in [0.717, 1.165) is 0 Å². The third-order valence-corrected chi connectivity index (χ3v) is 3.01. The van der Waals surface area contributed by atoms with Gasteiger partial charge in [-0.2, -0.15) is 0 Å². The van der Waals surface area contributed by atoms with Gasteiger partial charge in [-0.25, -0.2) is 0 Å². The van der Waals surface area contributed by atoms with E-state index in [1.165, 1.54) is 32.7 Å². The summed E-state index contributed by atoms with van der Waals surface area (Å²) in [4.78, 5) is 2.58. The SMILES string of the molecule is CC1(C)CN(CC2(C)CNC2)C1. The molecule has 2 aliphatic rings. The monoisotopic (exact) mass is 168 g/mol. The number of rotatable bonds is 2. The second-order valence-electron chi connectivity index (χ2n) is 5.72. The Balaban J connectivity index is 1.76. The van der Waals surface area contributed by atoms with Gasteiger partial charge in [-0.3, -0.25) is 0 Å². The molecule has 0 aromatic heterocycles. The summed E-state index contributed by atoms with van der Waals surface area (Å²) in [6, 6.07) is 0. The molecule has 0 atom stereocenters. The molecule has 2 aliphatic heterocycles. The minimum Gasteiger partial charge on any atom is -0.315 e. The molecule has 0 aromatic rings. The van der Waals surface area contributed by atoms with Gasteiger partial charge in [0, 0.05) is 38.1 Å². The minimum absolute atomic E-state index is 0.580. The van der Waals surface area contributed by atoms with Crippen LogP contribution in [0.4, 0.5) is 0 Å². The summed E-state index contributed by atoms with van der Waals surface area (Å²) in [6.07, 6.45) is 0. The highest BCUT2D eigenvalue weighted by Crippen LogP contribution is 2.33. The van der Waals surface area contributed by atoms with Crippen LogP contribution in [-0.4, -0.2) is 37.6 Å². The van der Waals surface area contributed by atoms with E-state index in [0.29, 0.717) is 10.8 Å². The van der Waals surface area contributed by atoms with Crippen LogP contribution in [0.15, 0.2) is 0 Å². The Morgan fingerprint density at radius 3 is 2.08 bits per heavy atom. The third-order valence-electron chi connectivity index (χ3n) is 3.01. The van der Waals surface area contributed by atoms with Gasteiger partial charge in [-0.15, -0.1) is 0 Å². The first-order chi connectivity index (χ1) is 5.49. The van der Waals surface area contributed by atoms with Crippen molar-refractivity contribution < 1.29 is 0 Å². The molecule has 0 bridgehead atoms. The molecule has 2 rings (SSSR count). The van der Waals surface area contributed by atoms with Crippen LogP contribution in [0.1, 0.15) is 20.8 Å². The second-order valence-corrected chi connectivity index (χ2v) is 5.72. The molecule has 0 spiro atoms. The Morgan fingerprint density at radius 2 is 1.75 bits per heavy atom. The Kier molecular flexibility index (Phi) is 1.74. The zero-order valence-electron chi connectivity index (χ0n) is 8.48. The van der Waals surface area contributed by atoms with E-state index >= 15 is 0 Å². The summed E-state index contributed by atoms with van der Waals surface area (Å²) in [6.45, 7) is 13.4. The topological polar surface area (TPSA) is 15.3 Å². The maximum atomic E-state index is 3.35. The molecule has 2 heteroatoms. The Morgan fingerprint density at radius 1 is 1.17 bits per heavy atom. The summed E-state index contributed by atoms with van der Waals surface area (Å²) in [5.74, 6) is 0. The van der Waals surface area contributed by atoms with Gasteiger partial charge in [0.05, 0.1) is 0 Å². The second kappa shape index (κ2) is 2.46. The standard InChI is InChI=1S/C10H20N2/c1-9(2)6-12(7-9)8-10(3)4-11-5-10/h11H,4-8H2,1-3H3. The van der Waals surface area contributed by atoms with Gasteiger partial charge >= 0.3 is 0 Å². The lowest BCUT2D eigenvalue weighted by molar-refractivity contribution is -0.0146. The smallest absolute Gasteiger partial charge is 0.00602 e. The number of nitrogens with one attached hydrogen (secondary N) is 1. The first-order valence-electron chi connectivity index (χ1n) is 4.92. The maximum Gasteiger partial charge on any atom is 0.00602 e. The highest BCUT2D eigenvalue weighted by atomic mass is 15.2. The van der Waals surface area contributed by atoms with Crippen LogP contribution in [0.3, 0.4) is 0 Å². The van der Waals surface area contributed by atoms with Gasteiger partial charge in [0.25, 0.3) is 0 Å². The molecule has 0 saturated carbocycles. The van der Waals surface area contributed by atoms with Crippen LogP contribution >= 0.6 is 0 Å². The van der Waals surface area contributed by atoms with Crippen molar-refractivity contribution in [1.29, 1.82) is 0 Å². The highest BCUT2D eigenvalue weighted by Gasteiger charge is 2.40. The number of hydrogen-bond donors (Lipinski definition) is 1. The lowest BCUT2D eigenvalue weighted by Crippen LogP contribution is -2.62. The van der Waals surface area contributed by atoms with Crippen LogP contribution in [0.2, 0.25) is 0 Å². The van der Waals surface area contributed by atoms with Crippen molar-refractivity contribution >= 4 is 0 Å². The average molecular weight is 168 g/mol. The van der Waals surface area contributed by atoms with Gasteiger partial charge < -0.3 is 10.2 Å². The molecule has 0 radical (unpaired) electrons. The van der Waals surface area contributed by atoms with Crippen LogP contribution in [0.25, 0.3) is 0 Å². The lowest BCUT2D eigenvalue weighted by atomic mass is 9.78. The van der Waals surface area contributed by atoms with E-state index in [4.69, 9.17) is 0 Å². The largest absolute Gasteiger partial charge is 0.315 e. The lowest BCUT2D eigenvalue weighted by Gasteiger charge is -2.52. The zero-order chi connectivity index (χ0) is 8.82. The molecule has 2 nitrogen and oxygen atoms in total. The summed E-state index contributed by atoms with van der Waals surface area (Å²) < 4.78 is 0. The first kappa shape index (κ1) is 8.52. The van der Waals surface area contributed by atoms with E-state index in [2.05, 4.69) is 31.0 Å². The number of hydrogen-bond acceptors (Lipinski definition) is 2. The van der Waals surface area contributed by atoms with Crippen LogP contribution in [0, 0.1) is 10.8 Å². The predicted octanol–water partition coefficient (Wildman–Crippen LogP) is 0.938. The molecule has 0 unspecified atom stereocenters. The maximum absolute atomic E-state index is 3.35. The van der Waals surface area contributed by atoms with Gasteiger partial charge in [0.1, 0.15) is 0 Å². The quantitative estimate of drug-likeness (QED) is 0.660. The Labute approximate surface area is 75.3 Å². The van der Waals surface area contributed by atoms with Crippen molar-refractivity contribution in [2.75, 3.05) is 32.7 Å². The summed E-state index contributed by atoms with van der Waals surface area (Å²) in [7, 11) is 0. The molecule has 70 valence electrons. The third kappa shape index (κ3) is 1.50. The van der Waals surface area contributed by atoms with E-state index in [-0.39, 0.29) is 0 Å². The Bertz CT molecular complexity index is 174. The van der Waals surface area contributed by atoms with Gasteiger partial charge in [-0.1, -0.05) is 20.8 Å². The fourth-order valence-corrected chi connectivity index (χ4v) is 2.48.